The average Bonchev–Trinajstić information content (AvgIpc) is 2.92. The summed E-state index contributed by atoms with van der Waals surface area (Å²) in [5.41, 5.74) is 4.83. The molecule has 0 aliphatic carbocycles. The molecule has 0 aliphatic heterocycles. The Morgan fingerprint density at radius 3 is 2.39 bits per heavy atom. The van der Waals surface area contributed by atoms with Crippen LogP contribution in [0.4, 0.5) is 5.69 Å². The van der Waals surface area contributed by atoms with E-state index in [1.807, 2.05) is 48.5 Å². The van der Waals surface area contributed by atoms with Crippen molar-refractivity contribution < 1.29 is 0 Å². The zero-order valence-corrected chi connectivity index (χ0v) is 16.2. The molecule has 142 valence electrons. The number of pyridine rings is 1. The van der Waals surface area contributed by atoms with Crippen LogP contribution >= 0.6 is 11.6 Å². The minimum absolute atomic E-state index is 0.0701. The lowest BCUT2D eigenvalue weighted by Gasteiger charge is -2.09. The topological polar surface area (TPSA) is 71.8 Å². The van der Waals surface area contributed by atoms with Gasteiger partial charge in [-0.15, -0.1) is 0 Å². The summed E-state index contributed by atoms with van der Waals surface area (Å²) in [6.07, 6.45) is 1.70. The summed E-state index contributed by atoms with van der Waals surface area (Å²) in [6, 6.07) is 15.0. The number of benzene rings is 2. The maximum atomic E-state index is 12.2. The van der Waals surface area contributed by atoms with E-state index in [1.165, 1.54) is 0 Å². The molecule has 0 amide bonds. The number of hydrogen-bond donors (Lipinski definition) is 2. The minimum Gasteiger partial charge on any atom is -0.381 e. The molecule has 4 rings (SSSR count). The molecule has 0 saturated heterocycles. The number of anilines is 1. The van der Waals surface area contributed by atoms with Crippen molar-refractivity contribution in [1.29, 1.82) is 0 Å². The highest BCUT2D eigenvalue weighted by Gasteiger charge is 2.09. The van der Waals surface area contributed by atoms with E-state index in [0.29, 0.717) is 17.1 Å². The number of halogens is 1. The summed E-state index contributed by atoms with van der Waals surface area (Å²) in [7, 11) is 3.49. The first-order valence-corrected chi connectivity index (χ1v) is 9.19. The third-order valence-corrected chi connectivity index (χ3v) is 5.16. The predicted molar refractivity (Wildman–Crippen MR) is 113 cm³/mol. The van der Waals surface area contributed by atoms with Gasteiger partial charge in [-0.2, -0.15) is 0 Å². The monoisotopic (exact) mass is 394 g/mol. The van der Waals surface area contributed by atoms with Gasteiger partial charge in [-0.3, -0.25) is 13.9 Å². The number of nitrogens with zero attached hydrogens (tertiary/aromatic N) is 2. The number of hydrogen-bond acceptors (Lipinski definition) is 3. The van der Waals surface area contributed by atoms with Crippen molar-refractivity contribution in [2.24, 2.45) is 14.1 Å². The largest absolute Gasteiger partial charge is 0.381 e. The second-order valence-electron chi connectivity index (χ2n) is 6.71. The Balaban J connectivity index is 1.61. The van der Waals surface area contributed by atoms with E-state index in [2.05, 4.69) is 10.3 Å². The molecule has 4 aromatic rings. The number of imidazole rings is 1. The maximum Gasteiger partial charge on any atom is 0.328 e. The van der Waals surface area contributed by atoms with Crippen LogP contribution in [0.3, 0.4) is 0 Å². The third-order valence-electron chi connectivity index (χ3n) is 4.91. The zero-order chi connectivity index (χ0) is 19.8. The summed E-state index contributed by atoms with van der Waals surface area (Å²) in [6.45, 7) is 0.364. The highest BCUT2D eigenvalue weighted by molar-refractivity contribution is 6.30. The van der Waals surface area contributed by atoms with E-state index in [-0.39, 0.29) is 11.2 Å². The Morgan fingerprint density at radius 2 is 1.64 bits per heavy atom. The van der Waals surface area contributed by atoms with Gasteiger partial charge in [0.25, 0.3) is 5.56 Å². The summed E-state index contributed by atoms with van der Waals surface area (Å²) in [5.74, 6) is 0. The fourth-order valence-electron chi connectivity index (χ4n) is 3.29. The summed E-state index contributed by atoms with van der Waals surface area (Å²) < 4.78 is 3.22. The molecule has 2 N–H and O–H groups in total. The van der Waals surface area contributed by atoms with Crippen LogP contribution in [0, 0.1) is 0 Å². The minimum atomic E-state index is -0.140. The van der Waals surface area contributed by atoms with E-state index in [1.54, 1.807) is 29.4 Å². The van der Waals surface area contributed by atoms with Gasteiger partial charge < -0.3 is 10.3 Å². The average molecular weight is 395 g/mol. The molecule has 0 atom stereocenters. The lowest BCUT2D eigenvalue weighted by Crippen LogP contribution is -2.19. The van der Waals surface area contributed by atoms with Crippen molar-refractivity contribution in [1.82, 2.24) is 14.1 Å². The van der Waals surface area contributed by atoms with Crippen LogP contribution < -0.4 is 16.6 Å². The molecule has 2 aromatic carbocycles. The molecule has 0 radical (unpaired) electrons. The van der Waals surface area contributed by atoms with E-state index in [9.17, 15) is 9.59 Å². The van der Waals surface area contributed by atoms with E-state index in [4.69, 9.17) is 11.6 Å². The van der Waals surface area contributed by atoms with Gasteiger partial charge in [0, 0.05) is 43.1 Å². The molecule has 2 heterocycles. The molecular formula is C21H19ClN4O2. The summed E-state index contributed by atoms with van der Waals surface area (Å²) >= 11 is 5.95. The van der Waals surface area contributed by atoms with Gasteiger partial charge in [0.15, 0.2) is 0 Å². The van der Waals surface area contributed by atoms with Crippen molar-refractivity contribution in [3.63, 3.8) is 0 Å². The second kappa shape index (κ2) is 7.05. The fraction of sp³-hybridized carbons (Fsp3) is 0.143. The number of aromatic nitrogens is 3. The predicted octanol–water partition coefficient (Wildman–Crippen LogP) is 3.50. The van der Waals surface area contributed by atoms with Gasteiger partial charge in [0.1, 0.15) is 0 Å². The van der Waals surface area contributed by atoms with Gasteiger partial charge in [-0.05, 0) is 47.5 Å². The molecule has 0 bridgehead atoms. The van der Waals surface area contributed by atoms with Crippen LogP contribution in [-0.4, -0.2) is 14.1 Å². The Labute approximate surface area is 166 Å². The number of nitrogens with one attached hydrogen (secondary N) is 2. The number of aryl methyl sites for hydroxylation is 2. The molecule has 7 heteroatoms. The van der Waals surface area contributed by atoms with E-state index in [0.717, 1.165) is 27.8 Å². The Morgan fingerprint density at radius 1 is 0.929 bits per heavy atom. The van der Waals surface area contributed by atoms with Crippen LogP contribution in [-0.2, 0) is 20.6 Å². The number of fused-ring (bicyclic) bond motifs is 1. The van der Waals surface area contributed by atoms with Gasteiger partial charge in [-0.1, -0.05) is 23.7 Å². The van der Waals surface area contributed by atoms with Crippen molar-refractivity contribution in [3.05, 3.63) is 86.2 Å². The molecule has 0 aliphatic rings. The summed E-state index contributed by atoms with van der Waals surface area (Å²) in [5, 5.41) is 3.94. The van der Waals surface area contributed by atoms with Crippen LogP contribution in [0.25, 0.3) is 22.2 Å². The van der Waals surface area contributed by atoms with Gasteiger partial charge >= 0.3 is 5.69 Å². The fourth-order valence-corrected chi connectivity index (χ4v) is 3.41. The lowest BCUT2D eigenvalue weighted by atomic mass is 10.1. The molecule has 0 spiro atoms. The first-order valence-electron chi connectivity index (χ1n) is 8.81. The van der Waals surface area contributed by atoms with Crippen molar-refractivity contribution in [2.75, 3.05) is 5.32 Å². The Hall–Kier alpha value is -3.25. The van der Waals surface area contributed by atoms with Crippen molar-refractivity contribution in [2.45, 2.75) is 6.54 Å². The highest BCUT2D eigenvalue weighted by atomic mass is 35.5. The normalized spacial score (nSPS) is 11.1. The highest BCUT2D eigenvalue weighted by Crippen LogP contribution is 2.22. The maximum absolute atomic E-state index is 12.2. The quantitative estimate of drug-likeness (QED) is 0.556. The Kier molecular flexibility index (Phi) is 4.57. The smallest absolute Gasteiger partial charge is 0.328 e. The van der Waals surface area contributed by atoms with Crippen molar-refractivity contribution >= 4 is 28.3 Å². The number of aromatic amines is 1. The van der Waals surface area contributed by atoms with Crippen LogP contribution in [0.2, 0.25) is 5.02 Å². The number of rotatable bonds is 4. The van der Waals surface area contributed by atoms with Crippen LogP contribution in [0.15, 0.2) is 64.3 Å². The molecule has 0 unspecified atom stereocenters. The molecule has 2 aromatic heterocycles. The number of H-pyrrole nitrogens is 1. The third kappa shape index (κ3) is 3.23. The van der Waals surface area contributed by atoms with Crippen molar-refractivity contribution in [3.8, 4) is 11.1 Å². The second-order valence-corrected chi connectivity index (χ2v) is 7.14. The first kappa shape index (κ1) is 18.1. The zero-order valence-electron chi connectivity index (χ0n) is 15.5. The van der Waals surface area contributed by atoms with Gasteiger partial charge in [0.2, 0.25) is 0 Å². The van der Waals surface area contributed by atoms with E-state index >= 15 is 0 Å². The molecular weight excluding hydrogens is 376 g/mol. The summed E-state index contributed by atoms with van der Waals surface area (Å²) in [4.78, 5) is 27.1. The van der Waals surface area contributed by atoms with E-state index < -0.39 is 0 Å². The van der Waals surface area contributed by atoms with Gasteiger partial charge in [-0.25, -0.2) is 4.79 Å². The van der Waals surface area contributed by atoms with Crippen LogP contribution in [0.1, 0.15) is 5.56 Å². The SMILES string of the molecule is Cn1c(=O)n(C)c2cc(NCc3cc(-c4ccc(Cl)cc4)c[nH]c3=O)ccc21. The molecule has 6 nitrogen and oxygen atoms in total. The lowest BCUT2D eigenvalue weighted by molar-refractivity contribution is 0.795. The van der Waals surface area contributed by atoms with Gasteiger partial charge in [0.05, 0.1) is 11.0 Å². The molecule has 28 heavy (non-hydrogen) atoms. The molecule has 0 fully saturated rings. The standard InChI is InChI=1S/C21H19ClN4O2/c1-25-18-8-7-17(10-19(18)26(2)21(25)28)23-12-15-9-14(11-24-20(15)27)13-3-5-16(22)6-4-13/h3-11,23H,12H2,1-2H3,(H,24,27). The molecule has 0 saturated carbocycles. The first-order chi connectivity index (χ1) is 13.4. The van der Waals surface area contributed by atoms with Crippen LogP contribution in [0.5, 0.6) is 0 Å². The Bertz CT molecular complexity index is 1280.